The molecule has 6 heteroatoms. The van der Waals surface area contributed by atoms with Crippen LogP contribution in [0.2, 0.25) is 0 Å². The number of hydrogen-bond acceptors (Lipinski definition) is 4. The predicted molar refractivity (Wildman–Crippen MR) is 82.9 cm³/mol. The van der Waals surface area contributed by atoms with Crippen molar-refractivity contribution in [3.05, 3.63) is 23.8 Å². The number of nitrogens with zero attached hydrogens (tertiary/aromatic N) is 2. The third-order valence-electron chi connectivity index (χ3n) is 3.88. The average Bonchev–Trinajstić information content (AvgIpc) is 2.48. The van der Waals surface area contributed by atoms with Crippen molar-refractivity contribution >= 4 is 23.3 Å². The van der Waals surface area contributed by atoms with E-state index in [-0.39, 0.29) is 12.0 Å². The number of carboxylic acid groups (broad SMARTS) is 1. The quantitative estimate of drug-likeness (QED) is 0.891. The Morgan fingerprint density at radius 2 is 2.09 bits per heavy atom. The molecule has 22 heavy (non-hydrogen) atoms. The molecule has 1 aromatic rings. The zero-order valence-electron chi connectivity index (χ0n) is 12.5. The fourth-order valence-corrected chi connectivity index (χ4v) is 2.56. The number of carboxylic acids is 1. The van der Waals surface area contributed by atoms with E-state index in [1.54, 1.807) is 12.1 Å². The number of anilines is 2. The third kappa shape index (κ3) is 3.76. The zero-order valence-corrected chi connectivity index (χ0v) is 12.5. The molecule has 0 bridgehead atoms. The maximum Gasteiger partial charge on any atom is 0.335 e. The van der Waals surface area contributed by atoms with Crippen molar-refractivity contribution < 1.29 is 14.7 Å². The molecule has 2 N–H and O–H groups in total. The molecular weight excluding hydrogens is 282 g/mol. The highest BCUT2D eigenvalue weighted by molar-refractivity contribution is 5.98. The minimum absolute atomic E-state index is 0.112. The van der Waals surface area contributed by atoms with Crippen LogP contribution in [-0.2, 0) is 4.79 Å². The Hall–Kier alpha value is -2.55. The van der Waals surface area contributed by atoms with Gasteiger partial charge in [0.1, 0.15) is 6.42 Å². The number of carbonyl (C=O) groups is 2. The summed E-state index contributed by atoms with van der Waals surface area (Å²) in [5.41, 5.74) is 1.37. The maximum atomic E-state index is 11.7. The van der Waals surface area contributed by atoms with Crippen LogP contribution >= 0.6 is 0 Å². The van der Waals surface area contributed by atoms with Gasteiger partial charge in [0.15, 0.2) is 0 Å². The predicted octanol–water partition coefficient (Wildman–Crippen LogP) is 2.47. The van der Waals surface area contributed by atoms with Crippen LogP contribution in [0.5, 0.6) is 0 Å². The van der Waals surface area contributed by atoms with Crippen LogP contribution in [0.4, 0.5) is 11.4 Å². The number of carbonyl (C=O) groups excluding carboxylic acids is 1. The molecule has 0 aliphatic carbocycles. The Kier molecular flexibility index (Phi) is 4.99. The van der Waals surface area contributed by atoms with Crippen molar-refractivity contribution in [2.45, 2.75) is 26.2 Å². The van der Waals surface area contributed by atoms with Gasteiger partial charge in [-0.15, -0.1) is 0 Å². The highest BCUT2D eigenvalue weighted by atomic mass is 16.4. The molecule has 1 fully saturated rings. The molecule has 1 aromatic carbocycles. The van der Waals surface area contributed by atoms with Crippen LogP contribution in [0.3, 0.4) is 0 Å². The third-order valence-corrected chi connectivity index (χ3v) is 3.88. The van der Waals surface area contributed by atoms with E-state index in [9.17, 15) is 9.59 Å². The first kappa shape index (κ1) is 15.8. The maximum absolute atomic E-state index is 11.7. The first-order valence-electron chi connectivity index (χ1n) is 7.30. The lowest BCUT2D eigenvalue weighted by atomic mass is 9.98. The van der Waals surface area contributed by atoms with Gasteiger partial charge in [-0.1, -0.05) is 6.92 Å². The van der Waals surface area contributed by atoms with Crippen LogP contribution in [0.1, 0.15) is 36.5 Å². The topological polar surface area (TPSA) is 93.4 Å². The van der Waals surface area contributed by atoms with E-state index in [0.717, 1.165) is 31.6 Å². The summed E-state index contributed by atoms with van der Waals surface area (Å²) in [7, 11) is 0. The van der Waals surface area contributed by atoms with E-state index in [1.807, 2.05) is 0 Å². The molecule has 2 rings (SSSR count). The standard InChI is InChI=1S/C16H19N3O3/c1-11-5-8-19(9-6-11)14-3-2-12(16(21)22)10-13(14)18-15(20)4-7-17/h2-3,10-11H,4-6,8-9H2,1H3,(H,18,20)(H,21,22). The van der Waals surface area contributed by atoms with E-state index >= 15 is 0 Å². The second-order valence-corrected chi connectivity index (χ2v) is 5.59. The van der Waals surface area contributed by atoms with E-state index in [1.165, 1.54) is 12.1 Å². The SMILES string of the molecule is CC1CCN(c2ccc(C(=O)O)cc2NC(=O)CC#N)CC1. The molecule has 0 unspecified atom stereocenters. The van der Waals surface area contributed by atoms with Gasteiger partial charge in [-0.3, -0.25) is 4.79 Å². The fraction of sp³-hybridized carbons (Fsp3) is 0.438. The molecule has 0 saturated carbocycles. The van der Waals surface area contributed by atoms with Crippen LogP contribution in [0, 0.1) is 17.2 Å². The Labute approximate surface area is 129 Å². The number of rotatable bonds is 4. The Bertz CT molecular complexity index is 614. The van der Waals surface area contributed by atoms with Gasteiger partial charge in [0.25, 0.3) is 0 Å². The van der Waals surface area contributed by atoms with Gasteiger partial charge in [0, 0.05) is 13.1 Å². The van der Waals surface area contributed by atoms with Crippen molar-refractivity contribution in [3.8, 4) is 6.07 Å². The molecular formula is C16H19N3O3. The summed E-state index contributed by atoms with van der Waals surface area (Å²) < 4.78 is 0. The first-order valence-corrected chi connectivity index (χ1v) is 7.30. The zero-order chi connectivity index (χ0) is 16.1. The molecule has 1 heterocycles. The molecule has 0 spiro atoms. The fourth-order valence-electron chi connectivity index (χ4n) is 2.56. The van der Waals surface area contributed by atoms with Crippen LogP contribution in [-0.4, -0.2) is 30.1 Å². The van der Waals surface area contributed by atoms with Gasteiger partial charge in [-0.05, 0) is 37.0 Å². The monoisotopic (exact) mass is 301 g/mol. The summed E-state index contributed by atoms with van der Waals surface area (Å²) >= 11 is 0. The molecule has 0 radical (unpaired) electrons. The smallest absolute Gasteiger partial charge is 0.335 e. The van der Waals surface area contributed by atoms with Gasteiger partial charge >= 0.3 is 5.97 Å². The lowest BCUT2D eigenvalue weighted by Gasteiger charge is -2.33. The number of benzene rings is 1. The summed E-state index contributed by atoms with van der Waals surface area (Å²) in [5, 5.41) is 20.3. The summed E-state index contributed by atoms with van der Waals surface area (Å²) in [6, 6.07) is 6.50. The van der Waals surface area contributed by atoms with Gasteiger partial charge < -0.3 is 15.3 Å². The van der Waals surface area contributed by atoms with Gasteiger partial charge in [-0.2, -0.15) is 5.26 Å². The summed E-state index contributed by atoms with van der Waals surface area (Å²) in [6.45, 7) is 3.95. The van der Waals surface area contributed by atoms with Gasteiger partial charge in [0.2, 0.25) is 5.91 Å². The Morgan fingerprint density at radius 3 is 2.68 bits per heavy atom. The van der Waals surface area contributed by atoms with Gasteiger partial charge in [0.05, 0.1) is 23.0 Å². The van der Waals surface area contributed by atoms with E-state index in [0.29, 0.717) is 11.6 Å². The largest absolute Gasteiger partial charge is 0.478 e. The van der Waals surface area contributed by atoms with Crippen molar-refractivity contribution in [1.29, 1.82) is 5.26 Å². The van der Waals surface area contributed by atoms with Gasteiger partial charge in [-0.25, -0.2) is 4.79 Å². The molecule has 0 atom stereocenters. The second-order valence-electron chi connectivity index (χ2n) is 5.59. The summed E-state index contributed by atoms with van der Waals surface area (Å²) in [4.78, 5) is 24.9. The number of piperidine rings is 1. The molecule has 6 nitrogen and oxygen atoms in total. The normalized spacial score (nSPS) is 15.2. The lowest BCUT2D eigenvalue weighted by Crippen LogP contribution is -2.33. The number of nitrogens with one attached hydrogen (secondary N) is 1. The van der Waals surface area contributed by atoms with Crippen LogP contribution in [0.25, 0.3) is 0 Å². The number of hydrogen-bond donors (Lipinski definition) is 2. The van der Waals surface area contributed by atoms with E-state index in [4.69, 9.17) is 10.4 Å². The minimum Gasteiger partial charge on any atom is -0.478 e. The van der Waals surface area contributed by atoms with E-state index in [2.05, 4.69) is 17.1 Å². The van der Waals surface area contributed by atoms with Crippen molar-refractivity contribution in [1.82, 2.24) is 0 Å². The Balaban J connectivity index is 2.29. The molecule has 1 saturated heterocycles. The molecule has 1 aliphatic heterocycles. The number of aromatic carboxylic acids is 1. The first-order chi connectivity index (χ1) is 10.5. The molecule has 0 aromatic heterocycles. The van der Waals surface area contributed by atoms with E-state index < -0.39 is 11.9 Å². The summed E-state index contributed by atoms with van der Waals surface area (Å²) in [5.74, 6) is -0.808. The summed E-state index contributed by atoms with van der Waals surface area (Å²) in [6.07, 6.45) is 1.87. The lowest BCUT2D eigenvalue weighted by molar-refractivity contribution is -0.115. The van der Waals surface area contributed by atoms with Crippen LogP contribution < -0.4 is 10.2 Å². The minimum atomic E-state index is -1.05. The van der Waals surface area contributed by atoms with Crippen molar-refractivity contribution in [2.75, 3.05) is 23.3 Å². The molecule has 1 aliphatic rings. The average molecular weight is 301 g/mol. The number of amides is 1. The second kappa shape index (κ2) is 6.94. The van der Waals surface area contributed by atoms with Crippen LogP contribution in [0.15, 0.2) is 18.2 Å². The highest BCUT2D eigenvalue weighted by Crippen LogP contribution is 2.31. The molecule has 116 valence electrons. The number of nitriles is 1. The Morgan fingerprint density at radius 1 is 1.41 bits per heavy atom. The molecule has 1 amide bonds. The van der Waals surface area contributed by atoms with Crippen molar-refractivity contribution in [2.24, 2.45) is 5.92 Å². The highest BCUT2D eigenvalue weighted by Gasteiger charge is 2.20. The van der Waals surface area contributed by atoms with Crippen molar-refractivity contribution in [3.63, 3.8) is 0 Å².